The fourth-order valence-corrected chi connectivity index (χ4v) is 3.22. The van der Waals surface area contributed by atoms with Gasteiger partial charge in [0.25, 0.3) is 0 Å². The second kappa shape index (κ2) is 11.0. The van der Waals surface area contributed by atoms with Crippen LogP contribution in [0.4, 0.5) is 0 Å². The maximum Gasteiger partial charge on any atom is 0.192 e. The molecule has 0 rings (SSSR count). The summed E-state index contributed by atoms with van der Waals surface area (Å²) in [5, 5.41) is 9.99. The fourth-order valence-electron chi connectivity index (χ4n) is 2.03. The van der Waals surface area contributed by atoms with Crippen molar-refractivity contribution in [2.45, 2.75) is 85.5 Å². The highest BCUT2D eigenvalue weighted by molar-refractivity contribution is 6.74. The van der Waals surface area contributed by atoms with Gasteiger partial charge in [0.05, 0.1) is 13.2 Å². The molecule has 0 radical (unpaired) electrons. The van der Waals surface area contributed by atoms with Gasteiger partial charge in [-0.05, 0) is 36.4 Å². The van der Waals surface area contributed by atoms with Crippen LogP contribution in [0.3, 0.4) is 0 Å². The third-order valence-corrected chi connectivity index (χ3v) is 10.2. The molecule has 0 bridgehead atoms. The molecule has 0 aromatic heterocycles. The molecule has 0 aliphatic rings. The van der Waals surface area contributed by atoms with Crippen molar-refractivity contribution in [3.8, 4) is 12.3 Å². The van der Waals surface area contributed by atoms with Crippen LogP contribution < -0.4 is 0 Å². The molecule has 160 valence electrons. The molecule has 27 heavy (non-hydrogen) atoms. The first-order valence-electron chi connectivity index (χ1n) is 10.1. The van der Waals surface area contributed by atoms with Crippen LogP contribution in [0.15, 0.2) is 0 Å². The highest BCUT2D eigenvalue weighted by atomic mass is 28.4. The van der Waals surface area contributed by atoms with Gasteiger partial charge < -0.3 is 19.0 Å². The molecule has 4 nitrogen and oxygen atoms in total. The zero-order valence-electron chi connectivity index (χ0n) is 19.3. The maximum atomic E-state index is 9.75. The minimum Gasteiger partial charge on any atom is -0.416 e. The van der Waals surface area contributed by atoms with E-state index in [0.717, 1.165) is 19.4 Å². The smallest absolute Gasteiger partial charge is 0.192 e. The van der Waals surface area contributed by atoms with Gasteiger partial charge in [-0.3, -0.25) is 0 Å². The number of rotatable bonds is 13. The second-order valence-electron chi connectivity index (χ2n) is 10.5. The van der Waals surface area contributed by atoms with Crippen LogP contribution in [0.5, 0.6) is 0 Å². The first-order chi connectivity index (χ1) is 12.1. The minimum absolute atomic E-state index is 0.103. The summed E-state index contributed by atoms with van der Waals surface area (Å²) in [5.74, 6) is 2.38. The lowest BCUT2D eigenvalue weighted by atomic mass is 9.84. The highest BCUT2D eigenvalue weighted by Gasteiger charge is 2.38. The molecular formula is C22H44O4Si. The van der Waals surface area contributed by atoms with Crippen molar-refractivity contribution in [3.63, 3.8) is 0 Å². The molecule has 0 heterocycles. The van der Waals surface area contributed by atoms with Gasteiger partial charge in [-0.1, -0.05) is 54.4 Å². The SMILES string of the molecule is C#CC(O)C(C)(C)CCOCCOCCC(C)(C)CO[Si](C)(C)C(C)(C)C. The van der Waals surface area contributed by atoms with E-state index in [4.69, 9.17) is 20.3 Å². The van der Waals surface area contributed by atoms with Crippen LogP contribution >= 0.6 is 0 Å². The largest absolute Gasteiger partial charge is 0.416 e. The van der Waals surface area contributed by atoms with E-state index in [1.54, 1.807) is 0 Å². The predicted molar refractivity (Wildman–Crippen MR) is 116 cm³/mol. The van der Waals surface area contributed by atoms with Crippen molar-refractivity contribution in [3.05, 3.63) is 0 Å². The third-order valence-electron chi connectivity index (χ3n) is 5.71. The van der Waals surface area contributed by atoms with E-state index in [9.17, 15) is 5.11 Å². The molecule has 0 saturated carbocycles. The van der Waals surface area contributed by atoms with Gasteiger partial charge in [-0.2, -0.15) is 0 Å². The Morgan fingerprint density at radius 1 is 0.889 bits per heavy atom. The van der Waals surface area contributed by atoms with Crippen molar-refractivity contribution in [2.75, 3.05) is 33.0 Å². The van der Waals surface area contributed by atoms with Gasteiger partial charge in [-0.25, -0.2) is 0 Å². The summed E-state index contributed by atoms with van der Waals surface area (Å²) in [5.41, 5.74) is -0.227. The Morgan fingerprint density at radius 2 is 1.37 bits per heavy atom. The van der Waals surface area contributed by atoms with Crippen molar-refractivity contribution in [1.82, 2.24) is 0 Å². The quantitative estimate of drug-likeness (QED) is 0.272. The van der Waals surface area contributed by atoms with Crippen LogP contribution in [0.25, 0.3) is 0 Å². The number of hydrogen-bond donors (Lipinski definition) is 1. The molecule has 1 unspecified atom stereocenters. The number of aliphatic hydroxyl groups is 1. The van der Waals surface area contributed by atoms with Gasteiger partial charge >= 0.3 is 0 Å². The van der Waals surface area contributed by atoms with Crippen LogP contribution in [0.2, 0.25) is 18.1 Å². The first-order valence-corrected chi connectivity index (χ1v) is 13.0. The van der Waals surface area contributed by atoms with Crippen LogP contribution in [-0.4, -0.2) is 52.6 Å². The minimum atomic E-state index is -1.70. The lowest BCUT2D eigenvalue weighted by molar-refractivity contribution is 0.0114. The third kappa shape index (κ3) is 10.7. The molecule has 0 aromatic rings. The molecule has 0 aliphatic carbocycles. The van der Waals surface area contributed by atoms with Gasteiger partial charge in [0, 0.05) is 25.2 Å². The van der Waals surface area contributed by atoms with E-state index in [1.807, 2.05) is 13.8 Å². The summed E-state index contributed by atoms with van der Waals surface area (Å²) in [6.07, 6.45) is 6.21. The Labute approximate surface area is 169 Å². The maximum absolute atomic E-state index is 9.75. The van der Waals surface area contributed by atoms with Gasteiger partial charge in [0.1, 0.15) is 6.10 Å². The van der Waals surface area contributed by atoms with Gasteiger partial charge in [0.15, 0.2) is 8.32 Å². The van der Waals surface area contributed by atoms with Gasteiger partial charge in [-0.15, -0.1) is 6.42 Å². The molecule has 0 fully saturated rings. The number of aliphatic hydroxyl groups excluding tert-OH is 1. The first kappa shape index (κ1) is 26.6. The standard InChI is InChI=1S/C22H44O4Si/c1-11-19(23)22(7,8)13-15-25-17-16-24-14-12-21(5,6)18-26-27(9,10)20(2,3)4/h1,19,23H,12-18H2,2-10H3. The zero-order chi connectivity index (χ0) is 21.4. The summed E-state index contributed by atoms with van der Waals surface area (Å²) in [4.78, 5) is 0. The predicted octanol–water partition coefficient (Wildman–Crippen LogP) is 4.87. The second-order valence-corrected chi connectivity index (χ2v) is 15.3. The lowest BCUT2D eigenvalue weighted by Crippen LogP contribution is -2.43. The monoisotopic (exact) mass is 400 g/mol. The molecule has 0 amide bonds. The van der Waals surface area contributed by atoms with E-state index in [1.165, 1.54) is 0 Å². The van der Waals surface area contributed by atoms with Crippen molar-refractivity contribution < 1.29 is 19.0 Å². The molecule has 0 aliphatic heterocycles. The molecule has 1 atom stereocenters. The summed E-state index contributed by atoms with van der Waals surface area (Å²) in [6, 6.07) is 0. The zero-order valence-corrected chi connectivity index (χ0v) is 20.3. The van der Waals surface area contributed by atoms with E-state index < -0.39 is 14.4 Å². The molecule has 0 aromatic carbocycles. The fraction of sp³-hybridized carbons (Fsp3) is 0.909. The van der Waals surface area contributed by atoms with E-state index in [0.29, 0.717) is 26.4 Å². The van der Waals surface area contributed by atoms with Crippen LogP contribution in [-0.2, 0) is 13.9 Å². The lowest BCUT2D eigenvalue weighted by Gasteiger charge is -2.39. The average Bonchev–Trinajstić information content (AvgIpc) is 2.53. The molecule has 1 N–H and O–H groups in total. The summed E-state index contributed by atoms with van der Waals surface area (Å²) < 4.78 is 17.7. The van der Waals surface area contributed by atoms with E-state index in [2.05, 4.69) is 53.6 Å². The summed E-state index contributed by atoms with van der Waals surface area (Å²) in [7, 11) is -1.70. The van der Waals surface area contributed by atoms with Crippen molar-refractivity contribution in [1.29, 1.82) is 0 Å². The topological polar surface area (TPSA) is 47.9 Å². The van der Waals surface area contributed by atoms with Crippen molar-refractivity contribution in [2.24, 2.45) is 10.8 Å². The summed E-state index contributed by atoms with van der Waals surface area (Å²) in [6.45, 7) is 22.9. The normalized spacial score (nSPS) is 14.9. The molecule has 0 spiro atoms. The van der Waals surface area contributed by atoms with Crippen molar-refractivity contribution >= 4 is 8.32 Å². The average molecular weight is 401 g/mol. The molecule has 0 saturated heterocycles. The van der Waals surface area contributed by atoms with E-state index >= 15 is 0 Å². The van der Waals surface area contributed by atoms with Crippen LogP contribution in [0.1, 0.15) is 61.3 Å². The Bertz CT molecular complexity index is 458. The Kier molecular flexibility index (Phi) is 10.8. The Morgan fingerprint density at radius 3 is 1.81 bits per heavy atom. The van der Waals surface area contributed by atoms with Gasteiger partial charge in [0.2, 0.25) is 0 Å². The Hall–Kier alpha value is -0.383. The molecule has 5 heteroatoms. The Balaban J connectivity index is 3.91. The van der Waals surface area contributed by atoms with Crippen LogP contribution in [0, 0.1) is 23.2 Å². The summed E-state index contributed by atoms with van der Waals surface area (Å²) >= 11 is 0. The number of ether oxygens (including phenoxy) is 2. The molecular weight excluding hydrogens is 356 g/mol. The number of terminal acetylenes is 1. The van der Waals surface area contributed by atoms with E-state index in [-0.39, 0.29) is 15.9 Å². The number of hydrogen-bond acceptors (Lipinski definition) is 4. The highest BCUT2D eigenvalue weighted by Crippen LogP contribution is 2.38.